The van der Waals surface area contributed by atoms with Gasteiger partial charge in [0.05, 0.1) is 10.7 Å². The summed E-state index contributed by atoms with van der Waals surface area (Å²) in [5.74, 6) is 0.303. The fourth-order valence-corrected chi connectivity index (χ4v) is 2.34. The molecule has 0 bridgehead atoms. The molecule has 1 amide bonds. The second-order valence-corrected chi connectivity index (χ2v) is 5.06. The molecule has 1 aromatic carbocycles. The highest BCUT2D eigenvalue weighted by atomic mass is 35.5. The molecule has 1 aliphatic rings. The number of piperidine rings is 1. The molecular formula is C13H17ClN2O2. The molecular weight excluding hydrogens is 252 g/mol. The lowest BCUT2D eigenvalue weighted by molar-refractivity contribution is 0.0651. The molecule has 5 heteroatoms. The number of carbonyl (C=O) groups excluding carboxylic acids is 1. The van der Waals surface area contributed by atoms with Crippen LogP contribution in [0, 0.1) is 5.92 Å². The van der Waals surface area contributed by atoms with Crippen LogP contribution in [0.1, 0.15) is 23.2 Å². The number of likely N-dealkylation sites (tertiary alicyclic amines) is 1. The fraction of sp³-hybridized carbons (Fsp3) is 0.462. The predicted molar refractivity (Wildman–Crippen MR) is 71.6 cm³/mol. The van der Waals surface area contributed by atoms with Crippen molar-refractivity contribution < 1.29 is 9.90 Å². The normalized spacial score (nSPS) is 16.9. The van der Waals surface area contributed by atoms with Gasteiger partial charge in [-0.1, -0.05) is 11.6 Å². The first-order valence-electron chi connectivity index (χ1n) is 6.07. The Balaban J connectivity index is 2.05. The number of nitrogens with zero attached hydrogens (tertiary/aromatic N) is 1. The Labute approximate surface area is 111 Å². The molecule has 1 aromatic rings. The minimum atomic E-state index is -0.0201. The predicted octanol–water partition coefficient (Wildman–Crippen LogP) is 1.77. The third-order valence-corrected chi connectivity index (χ3v) is 3.73. The maximum Gasteiger partial charge on any atom is 0.253 e. The second-order valence-electron chi connectivity index (χ2n) is 4.65. The Hall–Kier alpha value is -1.26. The van der Waals surface area contributed by atoms with E-state index in [1.54, 1.807) is 23.1 Å². The Bertz CT molecular complexity index is 443. The summed E-state index contributed by atoms with van der Waals surface area (Å²) in [6.07, 6.45) is 1.70. The van der Waals surface area contributed by atoms with Crippen molar-refractivity contribution in [3.8, 4) is 0 Å². The van der Waals surface area contributed by atoms with Gasteiger partial charge in [0, 0.05) is 25.3 Å². The lowest BCUT2D eigenvalue weighted by atomic mass is 9.97. The monoisotopic (exact) mass is 268 g/mol. The maximum absolute atomic E-state index is 12.2. The van der Waals surface area contributed by atoms with E-state index in [2.05, 4.69) is 0 Å². The molecule has 0 aliphatic carbocycles. The lowest BCUT2D eigenvalue weighted by Crippen LogP contribution is -2.39. The van der Waals surface area contributed by atoms with E-state index in [0.717, 1.165) is 12.8 Å². The van der Waals surface area contributed by atoms with Gasteiger partial charge in [-0.15, -0.1) is 0 Å². The summed E-state index contributed by atoms with van der Waals surface area (Å²) in [6, 6.07) is 4.95. The van der Waals surface area contributed by atoms with Gasteiger partial charge < -0.3 is 15.7 Å². The average molecular weight is 269 g/mol. The number of nitrogens with two attached hydrogens (primary N) is 1. The summed E-state index contributed by atoms with van der Waals surface area (Å²) in [6.45, 7) is 1.58. The van der Waals surface area contributed by atoms with Gasteiger partial charge >= 0.3 is 0 Å². The molecule has 0 radical (unpaired) electrons. The number of rotatable bonds is 2. The molecule has 0 saturated carbocycles. The largest absolute Gasteiger partial charge is 0.398 e. The van der Waals surface area contributed by atoms with Gasteiger partial charge in [0.25, 0.3) is 5.91 Å². The molecule has 1 fully saturated rings. The number of aliphatic hydroxyl groups is 1. The summed E-state index contributed by atoms with van der Waals surface area (Å²) in [5.41, 5.74) is 6.66. The van der Waals surface area contributed by atoms with Crippen LogP contribution in [0.2, 0.25) is 5.02 Å². The van der Waals surface area contributed by atoms with Crippen LogP contribution in [0.4, 0.5) is 5.69 Å². The Morgan fingerprint density at radius 1 is 1.44 bits per heavy atom. The summed E-state index contributed by atoms with van der Waals surface area (Å²) in [4.78, 5) is 14.0. The highest BCUT2D eigenvalue weighted by Gasteiger charge is 2.23. The zero-order chi connectivity index (χ0) is 13.1. The fourth-order valence-electron chi connectivity index (χ4n) is 2.16. The van der Waals surface area contributed by atoms with Gasteiger partial charge in [0.15, 0.2) is 0 Å². The molecule has 1 aliphatic heterocycles. The van der Waals surface area contributed by atoms with Crippen LogP contribution in [0.5, 0.6) is 0 Å². The number of aliphatic hydroxyl groups excluding tert-OH is 1. The van der Waals surface area contributed by atoms with Crippen molar-refractivity contribution in [2.45, 2.75) is 12.8 Å². The van der Waals surface area contributed by atoms with Crippen LogP contribution in [0.25, 0.3) is 0 Å². The number of hydrogen-bond donors (Lipinski definition) is 2. The van der Waals surface area contributed by atoms with Crippen molar-refractivity contribution in [3.05, 3.63) is 28.8 Å². The van der Waals surface area contributed by atoms with Crippen molar-refractivity contribution in [3.63, 3.8) is 0 Å². The summed E-state index contributed by atoms with van der Waals surface area (Å²) >= 11 is 5.91. The smallest absolute Gasteiger partial charge is 0.253 e. The molecule has 0 aromatic heterocycles. The van der Waals surface area contributed by atoms with Crippen LogP contribution in [-0.4, -0.2) is 35.6 Å². The summed E-state index contributed by atoms with van der Waals surface area (Å²) in [5, 5.41) is 9.47. The number of hydrogen-bond acceptors (Lipinski definition) is 3. The highest BCUT2D eigenvalue weighted by Crippen LogP contribution is 2.23. The van der Waals surface area contributed by atoms with Gasteiger partial charge in [-0.3, -0.25) is 4.79 Å². The number of halogens is 1. The van der Waals surface area contributed by atoms with Crippen molar-refractivity contribution in [2.24, 2.45) is 5.92 Å². The molecule has 98 valence electrons. The number of benzene rings is 1. The topological polar surface area (TPSA) is 66.6 Å². The number of anilines is 1. The third kappa shape index (κ3) is 2.76. The van der Waals surface area contributed by atoms with Gasteiger partial charge in [-0.25, -0.2) is 0 Å². The number of nitrogen functional groups attached to an aromatic ring is 1. The zero-order valence-corrected chi connectivity index (χ0v) is 10.9. The first-order chi connectivity index (χ1) is 8.61. The minimum absolute atomic E-state index is 0.0201. The van der Waals surface area contributed by atoms with Gasteiger partial charge in [-0.05, 0) is 37.0 Å². The van der Waals surface area contributed by atoms with E-state index in [1.165, 1.54) is 0 Å². The first-order valence-corrected chi connectivity index (χ1v) is 6.44. The minimum Gasteiger partial charge on any atom is -0.398 e. The zero-order valence-electron chi connectivity index (χ0n) is 10.1. The summed E-state index contributed by atoms with van der Waals surface area (Å²) < 4.78 is 0. The molecule has 3 N–H and O–H groups in total. The molecule has 1 heterocycles. The van der Waals surface area contributed by atoms with Gasteiger partial charge in [-0.2, -0.15) is 0 Å². The standard InChI is InChI=1S/C13H17ClN2O2/c14-11-7-10(1-2-12(11)15)13(18)16-5-3-9(8-17)4-6-16/h1-2,7,9,17H,3-6,8,15H2. The van der Waals surface area contributed by atoms with E-state index >= 15 is 0 Å². The Morgan fingerprint density at radius 2 is 2.11 bits per heavy atom. The van der Waals surface area contributed by atoms with Crippen LogP contribution >= 0.6 is 11.6 Å². The van der Waals surface area contributed by atoms with Crippen molar-refractivity contribution in [1.29, 1.82) is 0 Å². The van der Waals surface area contributed by atoms with Crippen molar-refractivity contribution in [2.75, 3.05) is 25.4 Å². The summed E-state index contributed by atoms with van der Waals surface area (Å²) in [7, 11) is 0. The molecule has 18 heavy (non-hydrogen) atoms. The SMILES string of the molecule is Nc1ccc(C(=O)N2CCC(CO)CC2)cc1Cl. The van der Waals surface area contributed by atoms with Crippen LogP contribution in [0.15, 0.2) is 18.2 Å². The molecule has 0 atom stereocenters. The van der Waals surface area contributed by atoms with Crippen LogP contribution in [-0.2, 0) is 0 Å². The number of amides is 1. The van der Waals surface area contributed by atoms with E-state index in [9.17, 15) is 4.79 Å². The van der Waals surface area contributed by atoms with Gasteiger partial charge in [0.1, 0.15) is 0 Å². The number of carbonyl (C=O) groups is 1. The molecule has 0 spiro atoms. The van der Waals surface area contributed by atoms with Crippen molar-refractivity contribution in [1.82, 2.24) is 4.90 Å². The second kappa shape index (κ2) is 5.59. The van der Waals surface area contributed by atoms with Crippen LogP contribution < -0.4 is 5.73 Å². The van der Waals surface area contributed by atoms with Crippen molar-refractivity contribution >= 4 is 23.2 Å². The third-order valence-electron chi connectivity index (χ3n) is 3.41. The molecule has 0 unspecified atom stereocenters. The molecule has 2 rings (SSSR count). The Morgan fingerprint density at radius 3 is 2.67 bits per heavy atom. The average Bonchev–Trinajstić information content (AvgIpc) is 2.41. The van der Waals surface area contributed by atoms with E-state index < -0.39 is 0 Å². The highest BCUT2D eigenvalue weighted by molar-refractivity contribution is 6.33. The quantitative estimate of drug-likeness (QED) is 0.804. The molecule has 4 nitrogen and oxygen atoms in total. The molecule has 1 saturated heterocycles. The lowest BCUT2D eigenvalue weighted by Gasteiger charge is -2.31. The van der Waals surface area contributed by atoms with E-state index in [0.29, 0.717) is 35.3 Å². The van der Waals surface area contributed by atoms with E-state index in [-0.39, 0.29) is 12.5 Å². The maximum atomic E-state index is 12.2. The first kappa shape index (κ1) is 13.2. The van der Waals surface area contributed by atoms with Crippen LogP contribution in [0.3, 0.4) is 0 Å². The Kier molecular flexibility index (Phi) is 4.09. The van der Waals surface area contributed by atoms with E-state index in [1.807, 2.05) is 0 Å². The van der Waals surface area contributed by atoms with E-state index in [4.69, 9.17) is 22.4 Å². The van der Waals surface area contributed by atoms with Gasteiger partial charge in [0.2, 0.25) is 0 Å².